The molecule has 6 heteroatoms. The first-order chi connectivity index (χ1) is 12.6. The van der Waals surface area contributed by atoms with Crippen LogP contribution >= 0.6 is 11.6 Å². The maximum Gasteiger partial charge on any atom is 0.231 e. The number of hydrogen-bond donors (Lipinski definition) is 1. The topological polar surface area (TPSA) is 56.8 Å². The molecule has 3 rings (SSSR count). The Hall–Kier alpha value is -2.40. The maximum absolute atomic E-state index is 12.8. The summed E-state index contributed by atoms with van der Waals surface area (Å²) in [7, 11) is 0. The molecule has 0 radical (unpaired) electrons. The fourth-order valence-electron chi connectivity index (χ4n) is 2.91. The number of halogens is 1. The van der Waals surface area contributed by atoms with Gasteiger partial charge in [0.2, 0.25) is 5.91 Å². The zero-order valence-corrected chi connectivity index (χ0v) is 15.6. The third-order valence-corrected chi connectivity index (χ3v) is 4.35. The third kappa shape index (κ3) is 4.22. The van der Waals surface area contributed by atoms with E-state index in [1.54, 1.807) is 18.2 Å². The van der Waals surface area contributed by atoms with Crippen LogP contribution < -0.4 is 19.5 Å². The Labute approximate surface area is 158 Å². The number of hydrogen-bond acceptors (Lipinski definition) is 4. The van der Waals surface area contributed by atoms with Gasteiger partial charge in [-0.1, -0.05) is 11.6 Å². The number of anilines is 1. The predicted octanol–water partition coefficient (Wildman–Crippen LogP) is 4.33. The standard InChI is InChI=1S/C20H22ClNO4/c1-3-24-16-6-8-19(25-4-2)17(11-16)22-20(23)14-9-13-10-15(21)5-7-18(13)26-12-14/h5-8,10-11,14H,3-4,9,12H2,1-2H3,(H,22,23)/t14-/m1/s1. The lowest BCUT2D eigenvalue weighted by Crippen LogP contribution is -2.32. The SMILES string of the molecule is CCOc1ccc(OCC)c(NC(=O)[C@H]2COc3ccc(Cl)cc3C2)c1. The summed E-state index contributed by atoms with van der Waals surface area (Å²) in [6, 6.07) is 10.9. The first-order valence-electron chi connectivity index (χ1n) is 8.72. The zero-order valence-electron chi connectivity index (χ0n) is 14.9. The Kier molecular flexibility index (Phi) is 5.89. The van der Waals surface area contributed by atoms with Gasteiger partial charge in [0.15, 0.2) is 0 Å². The molecule has 0 saturated carbocycles. The largest absolute Gasteiger partial charge is 0.494 e. The molecule has 0 fully saturated rings. The van der Waals surface area contributed by atoms with Gasteiger partial charge in [-0.25, -0.2) is 0 Å². The summed E-state index contributed by atoms with van der Waals surface area (Å²) in [4.78, 5) is 12.8. The van der Waals surface area contributed by atoms with E-state index in [9.17, 15) is 4.79 Å². The van der Waals surface area contributed by atoms with E-state index in [2.05, 4.69) is 5.32 Å². The molecule has 2 aromatic carbocycles. The zero-order chi connectivity index (χ0) is 18.5. The van der Waals surface area contributed by atoms with Crippen LogP contribution in [0.15, 0.2) is 36.4 Å². The maximum atomic E-state index is 12.8. The molecule has 0 aromatic heterocycles. The summed E-state index contributed by atoms with van der Waals surface area (Å²) in [6.07, 6.45) is 0.580. The van der Waals surface area contributed by atoms with Gasteiger partial charge in [0, 0.05) is 11.1 Å². The van der Waals surface area contributed by atoms with Crippen molar-refractivity contribution in [3.8, 4) is 17.2 Å². The van der Waals surface area contributed by atoms with Gasteiger partial charge in [-0.3, -0.25) is 4.79 Å². The van der Waals surface area contributed by atoms with Crippen molar-refractivity contribution in [1.82, 2.24) is 0 Å². The van der Waals surface area contributed by atoms with Crippen molar-refractivity contribution in [3.05, 3.63) is 47.0 Å². The van der Waals surface area contributed by atoms with Crippen molar-refractivity contribution in [2.45, 2.75) is 20.3 Å². The Bertz CT molecular complexity index is 793. The van der Waals surface area contributed by atoms with Crippen molar-refractivity contribution in [1.29, 1.82) is 0 Å². The minimum absolute atomic E-state index is 0.120. The molecule has 0 aliphatic carbocycles. The number of fused-ring (bicyclic) bond motifs is 1. The van der Waals surface area contributed by atoms with Gasteiger partial charge in [-0.2, -0.15) is 0 Å². The van der Waals surface area contributed by atoms with E-state index in [1.807, 2.05) is 32.0 Å². The Morgan fingerprint density at radius 3 is 2.77 bits per heavy atom. The van der Waals surface area contributed by atoms with E-state index in [-0.39, 0.29) is 11.8 Å². The fraction of sp³-hybridized carbons (Fsp3) is 0.350. The van der Waals surface area contributed by atoms with Gasteiger partial charge in [-0.05, 0) is 56.2 Å². The van der Waals surface area contributed by atoms with Crippen molar-refractivity contribution in [3.63, 3.8) is 0 Å². The van der Waals surface area contributed by atoms with Gasteiger partial charge in [0.05, 0.1) is 24.8 Å². The molecule has 0 unspecified atom stereocenters. The van der Waals surface area contributed by atoms with Gasteiger partial charge < -0.3 is 19.5 Å². The number of ether oxygens (including phenoxy) is 3. The van der Waals surface area contributed by atoms with E-state index < -0.39 is 0 Å². The molecule has 0 spiro atoms. The van der Waals surface area contributed by atoms with Crippen LogP contribution in [-0.2, 0) is 11.2 Å². The molecule has 2 aromatic rings. The summed E-state index contributed by atoms with van der Waals surface area (Å²) in [5.41, 5.74) is 1.54. The highest BCUT2D eigenvalue weighted by Crippen LogP contribution is 2.33. The Morgan fingerprint density at radius 1 is 1.19 bits per heavy atom. The van der Waals surface area contributed by atoms with Crippen molar-refractivity contribution in [2.75, 3.05) is 25.1 Å². The van der Waals surface area contributed by atoms with Crippen LogP contribution in [0.2, 0.25) is 5.02 Å². The molecule has 1 heterocycles. The molecule has 138 valence electrons. The number of benzene rings is 2. The van der Waals surface area contributed by atoms with Crippen LogP contribution in [0, 0.1) is 5.92 Å². The van der Waals surface area contributed by atoms with E-state index in [0.29, 0.717) is 48.5 Å². The molecule has 1 aliphatic heterocycles. The van der Waals surface area contributed by atoms with Gasteiger partial charge in [0.25, 0.3) is 0 Å². The summed E-state index contributed by atoms with van der Waals surface area (Å²) >= 11 is 6.05. The van der Waals surface area contributed by atoms with Crippen LogP contribution in [0.4, 0.5) is 5.69 Å². The first kappa shape index (κ1) is 18.4. The number of carbonyl (C=O) groups is 1. The molecular weight excluding hydrogens is 354 g/mol. The van der Waals surface area contributed by atoms with E-state index in [4.69, 9.17) is 25.8 Å². The summed E-state index contributed by atoms with van der Waals surface area (Å²) in [5, 5.41) is 3.59. The smallest absolute Gasteiger partial charge is 0.231 e. The minimum Gasteiger partial charge on any atom is -0.494 e. The lowest BCUT2D eigenvalue weighted by molar-refractivity contribution is -0.121. The summed E-state index contributed by atoms with van der Waals surface area (Å²) in [6.45, 7) is 5.20. The second-order valence-corrected chi connectivity index (χ2v) is 6.41. The lowest BCUT2D eigenvalue weighted by atomic mass is 9.96. The first-order valence-corrected chi connectivity index (χ1v) is 9.10. The monoisotopic (exact) mass is 375 g/mol. The van der Waals surface area contributed by atoms with E-state index >= 15 is 0 Å². The van der Waals surface area contributed by atoms with Crippen LogP contribution in [0.25, 0.3) is 0 Å². The van der Waals surface area contributed by atoms with Crippen molar-refractivity contribution in [2.24, 2.45) is 5.92 Å². The fourth-order valence-corrected chi connectivity index (χ4v) is 3.11. The van der Waals surface area contributed by atoms with Crippen LogP contribution in [0.1, 0.15) is 19.4 Å². The second kappa shape index (κ2) is 8.32. The molecular formula is C20H22ClNO4. The molecule has 1 atom stereocenters. The van der Waals surface area contributed by atoms with Gasteiger partial charge >= 0.3 is 0 Å². The molecule has 26 heavy (non-hydrogen) atoms. The number of rotatable bonds is 6. The van der Waals surface area contributed by atoms with Crippen LogP contribution in [0.5, 0.6) is 17.2 Å². The third-order valence-electron chi connectivity index (χ3n) is 4.12. The van der Waals surface area contributed by atoms with Gasteiger partial charge in [0.1, 0.15) is 23.9 Å². The molecule has 0 bridgehead atoms. The number of carbonyl (C=O) groups excluding carboxylic acids is 1. The van der Waals surface area contributed by atoms with E-state index in [0.717, 1.165) is 11.3 Å². The second-order valence-electron chi connectivity index (χ2n) is 5.98. The van der Waals surface area contributed by atoms with E-state index in [1.165, 1.54) is 0 Å². The minimum atomic E-state index is -0.300. The highest BCUT2D eigenvalue weighted by molar-refractivity contribution is 6.30. The number of nitrogens with one attached hydrogen (secondary N) is 1. The molecule has 5 nitrogen and oxygen atoms in total. The average molecular weight is 376 g/mol. The van der Waals surface area contributed by atoms with Crippen LogP contribution in [-0.4, -0.2) is 25.7 Å². The molecule has 1 N–H and O–H groups in total. The van der Waals surface area contributed by atoms with Crippen molar-refractivity contribution < 1.29 is 19.0 Å². The summed E-state index contributed by atoms with van der Waals surface area (Å²) < 4.78 is 16.8. The van der Waals surface area contributed by atoms with Crippen LogP contribution in [0.3, 0.4) is 0 Å². The van der Waals surface area contributed by atoms with Gasteiger partial charge in [-0.15, -0.1) is 0 Å². The lowest BCUT2D eigenvalue weighted by Gasteiger charge is -2.25. The number of amides is 1. The Balaban J connectivity index is 1.76. The highest BCUT2D eigenvalue weighted by Gasteiger charge is 2.27. The predicted molar refractivity (Wildman–Crippen MR) is 102 cm³/mol. The normalized spacial score (nSPS) is 15.6. The average Bonchev–Trinajstić information content (AvgIpc) is 2.63. The van der Waals surface area contributed by atoms with Crippen molar-refractivity contribution >= 4 is 23.2 Å². The molecule has 1 aliphatic rings. The molecule has 0 saturated heterocycles. The molecule has 1 amide bonds. The summed E-state index contributed by atoms with van der Waals surface area (Å²) in [5.74, 6) is 1.66. The highest BCUT2D eigenvalue weighted by atomic mass is 35.5. The quantitative estimate of drug-likeness (QED) is 0.816. The Morgan fingerprint density at radius 2 is 2.00 bits per heavy atom.